The molecule has 8 nitrogen and oxygen atoms in total. The van der Waals surface area contributed by atoms with Crippen LogP contribution in [0.4, 0.5) is 4.39 Å². The molecule has 0 aliphatic carbocycles. The van der Waals surface area contributed by atoms with Gasteiger partial charge in [-0.1, -0.05) is 17.8 Å². The zero-order valence-corrected chi connectivity index (χ0v) is 17.8. The fourth-order valence-corrected chi connectivity index (χ4v) is 3.77. The number of rotatable bonds is 8. The van der Waals surface area contributed by atoms with Gasteiger partial charge in [0.2, 0.25) is 11.1 Å². The largest absolute Gasteiger partial charge is 0.493 e. The Kier molecular flexibility index (Phi) is 6.17. The highest BCUT2D eigenvalue weighted by Crippen LogP contribution is 2.27. The van der Waals surface area contributed by atoms with Crippen LogP contribution in [0.25, 0.3) is 22.1 Å². The van der Waals surface area contributed by atoms with Crippen molar-refractivity contribution in [2.45, 2.75) is 11.6 Å². The van der Waals surface area contributed by atoms with Crippen LogP contribution in [0.1, 0.15) is 5.56 Å². The van der Waals surface area contributed by atoms with Crippen molar-refractivity contribution in [1.82, 2.24) is 25.5 Å². The highest BCUT2D eigenvalue weighted by molar-refractivity contribution is 7.99. The van der Waals surface area contributed by atoms with E-state index in [1.165, 1.54) is 23.9 Å². The van der Waals surface area contributed by atoms with Crippen LogP contribution in [0.3, 0.4) is 0 Å². The fraction of sp³-hybridized carbons (Fsp3) is 0.238. The van der Waals surface area contributed by atoms with E-state index in [4.69, 9.17) is 9.47 Å². The van der Waals surface area contributed by atoms with Crippen molar-refractivity contribution in [3.05, 3.63) is 47.8 Å². The molecule has 0 bridgehead atoms. The Morgan fingerprint density at radius 2 is 1.97 bits per heavy atom. The van der Waals surface area contributed by atoms with Gasteiger partial charge in [-0.05, 0) is 42.3 Å². The van der Waals surface area contributed by atoms with Gasteiger partial charge in [-0.15, -0.1) is 10.2 Å². The standard InChI is InChI=1S/C21H20FN5O3S/c1-29-16-6-3-12(9-17(16)30-2)7-8-23-18(28)11-31-21-25-20-19(26-27-21)14-10-13(22)4-5-15(14)24-20/h3-6,9-10H,7-8,11H2,1-2H3,(H,23,28)(H,24,25,27). The summed E-state index contributed by atoms with van der Waals surface area (Å²) in [7, 11) is 3.17. The third kappa shape index (κ3) is 4.69. The Morgan fingerprint density at radius 1 is 1.13 bits per heavy atom. The van der Waals surface area contributed by atoms with Gasteiger partial charge in [0, 0.05) is 17.4 Å². The molecule has 10 heteroatoms. The highest BCUT2D eigenvalue weighted by atomic mass is 32.2. The average Bonchev–Trinajstić information content (AvgIpc) is 3.14. The van der Waals surface area contributed by atoms with Crippen LogP contribution in [0.2, 0.25) is 0 Å². The number of amides is 1. The SMILES string of the molecule is COc1ccc(CCNC(=O)CSc2nnc3c(n2)[nH]c2ccc(F)cc23)cc1OC. The van der Waals surface area contributed by atoms with Gasteiger partial charge in [0.05, 0.1) is 20.0 Å². The van der Waals surface area contributed by atoms with Gasteiger partial charge < -0.3 is 19.8 Å². The molecule has 2 aromatic carbocycles. The summed E-state index contributed by atoms with van der Waals surface area (Å²) in [5.74, 6) is 0.999. The number of ether oxygens (including phenoxy) is 2. The Bertz CT molecular complexity index is 1250. The molecule has 0 saturated heterocycles. The summed E-state index contributed by atoms with van der Waals surface area (Å²) in [6.45, 7) is 0.487. The Labute approximate surface area is 181 Å². The minimum absolute atomic E-state index is 0.132. The fourth-order valence-electron chi connectivity index (χ4n) is 3.15. The first-order valence-electron chi connectivity index (χ1n) is 9.49. The van der Waals surface area contributed by atoms with E-state index in [1.807, 2.05) is 18.2 Å². The quantitative estimate of drug-likeness (QED) is 0.405. The first kappa shape index (κ1) is 20.9. The molecule has 160 valence electrons. The number of hydrogen-bond acceptors (Lipinski definition) is 7. The number of nitrogens with zero attached hydrogens (tertiary/aromatic N) is 3. The number of methoxy groups -OCH3 is 2. The van der Waals surface area contributed by atoms with Crippen molar-refractivity contribution in [2.75, 3.05) is 26.5 Å². The van der Waals surface area contributed by atoms with E-state index in [-0.39, 0.29) is 17.5 Å². The smallest absolute Gasteiger partial charge is 0.230 e. The zero-order chi connectivity index (χ0) is 21.8. The molecule has 2 heterocycles. The number of H-pyrrole nitrogens is 1. The molecule has 0 aliphatic heterocycles. The van der Waals surface area contributed by atoms with Crippen molar-refractivity contribution in [2.24, 2.45) is 0 Å². The number of hydrogen-bond donors (Lipinski definition) is 2. The topological polar surface area (TPSA) is 102 Å². The van der Waals surface area contributed by atoms with Crippen LogP contribution in [-0.4, -0.2) is 52.6 Å². The summed E-state index contributed by atoms with van der Waals surface area (Å²) >= 11 is 1.19. The Morgan fingerprint density at radius 3 is 2.77 bits per heavy atom. The molecular formula is C21H20FN5O3S. The maximum atomic E-state index is 13.5. The Balaban J connectivity index is 1.31. The molecule has 0 atom stereocenters. The highest BCUT2D eigenvalue weighted by Gasteiger charge is 2.12. The van der Waals surface area contributed by atoms with E-state index < -0.39 is 0 Å². The molecule has 4 aromatic rings. The zero-order valence-electron chi connectivity index (χ0n) is 16.9. The van der Waals surface area contributed by atoms with E-state index in [2.05, 4.69) is 25.5 Å². The second kappa shape index (κ2) is 9.17. The molecule has 4 rings (SSSR count). The lowest BCUT2D eigenvalue weighted by Gasteiger charge is -2.10. The summed E-state index contributed by atoms with van der Waals surface area (Å²) < 4.78 is 24.0. The van der Waals surface area contributed by atoms with Gasteiger partial charge in [0.1, 0.15) is 11.3 Å². The number of aromatic nitrogens is 4. The number of benzene rings is 2. The molecule has 31 heavy (non-hydrogen) atoms. The number of carbonyl (C=O) groups excluding carboxylic acids is 1. The van der Waals surface area contributed by atoms with E-state index in [9.17, 15) is 9.18 Å². The lowest BCUT2D eigenvalue weighted by atomic mass is 10.1. The van der Waals surface area contributed by atoms with Gasteiger partial charge in [-0.2, -0.15) is 0 Å². The summed E-state index contributed by atoms with van der Waals surface area (Å²) in [4.78, 5) is 19.6. The number of aromatic amines is 1. The van der Waals surface area contributed by atoms with Crippen molar-refractivity contribution in [1.29, 1.82) is 0 Å². The average molecular weight is 441 g/mol. The van der Waals surface area contributed by atoms with E-state index in [1.54, 1.807) is 20.3 Å². The maximum Gasteiger partial charge on any atom is 0.230 e. The van der Waals surface area contributed by atoms with Gasteiger partial charge >= 0.3 is 0 Å². The van der Waals surface area contributed by atoms with Gasteiger partial charge in [-0.3, -0.25) is 4.79 Å². The van der Waals surface area contributed by atoms with E-state index >= 15 is 0 Å². The normalized spacial score (nSPS) is 11.1. The number of carbonyl (C=O) groups is 1. The van der Waals surface area contributed by atoms with Crippen molar-refractivity contribution < 1.29 is 18.7 Å². The van der Waals surface area contributed by atoms with Crippen molar-refractivity contribution >= 4 is 39.7 Å². The molecule has 2 N–H and O–H groups in total. The molecule has 0 spiro atoms. The number of halogens is 1. The van der Waals surface area contributed by atoms with Gasteiger partial charge in [0.15, 0.2) is 17.1 Å². The van der Waals surface area contributed by atoms with E-state index in [0.717, 1.165) is 11.1 Å². The number of thioether (sulfide) groups is 1. The van der Waals surface area contributed by atoms with Gasteiger partial charge in [-0.25, -0.2) is 9.37 Å². The molecule has 0 saturated carbocycles. The lowest BCUT2D eigenvalue weighted by molar-refractivity contribution is -0.118. The minimum Gasteiger partial charge on any atom is -0.493 e. The predicted octanol–water partition coefficient (Wildman–Crippen LogP) is 3.11. The van der Waals surface area contributed by atoms with Crippen LogP contribution >= 0.6 is 11.8 Å². The lowest BCUT2D eigenvalue weighted by Crippen LogP contribution is -2.27. The second-order valence-electron chi connectivity index (χ2n) is 6.68. The summed E-state index contributed by atoms with van der Waals surface area (Å²) in [6.07, 6.45) is 0.659. The maximum absolute atomic E-state index is 13.5. The van der Waals surface area contributed by atoms with Crippen LogP contribution < -0.4 is 14.8 Å². The van der Waals surface area contributed by atoms with Crippen LogP contribution in [0.5, 0.6) is 11.5 Å². The van der Waals surface area contributed by atoms with Crippen molar-refractivity contribution in [3.8, 4) is 11.5 Å². The number of nitrogens with one attached hydrogen (secondary N) is 2. The summed E-state index contributed by atoms with van der Waals surface area (Å²) in [5.41, 5.74) is 2.76. The van der Waals surface area contributed by atoms with Crippen LogP contribution in [-0.2, 0) is 11.2 Å². The predicted molar refractivity (Wildman–Crippen MR) is 116 cm³/mol. The summed E-state index contributed by atoms with van der Waals surface area (Å²) in [5, 5.41) is 12.1. The molecule has 0 aliphatic rings. The second-order valence-corrected chi connectivity index (χ2v) is 7.63. The van der Waals surface area contributed by atoms with E-state index in [0.29, 0.717) is 46.2 Å². The van der Waals surface area contributed by atoms with Crippen LogP contribution in [0, 0.1) is 5.82 Å². The van der Waals surface area contributed by atoms with Crippen molar-refractivity contribution in [3.63, 3.8) is 0 Å². The Hall–Kier alpha value is -3.40. The van der Waals surface area contributed by atoms with Crippen LogP contribution in [0.15, 0.2) is 41.6 Å². The third-order valence-electron chi connectivity index (χ3n) is 4.67. The first-order chi connectivity index (χ1) is 15.1. The minimum atomic E-state index is -0.349. The van der Waals surface area contributed by atoms with Gasteiger partial charge in [0.25, 0.3) is 0 Å². The molecule has 0 fully saturated rings. The molecule has 1 amide bonds. The molecule has 0 radical (unpaired) electrons. The molecule has 0 unspecified atom stereocenters. The molecule has 2 aromatic heterocycles. The first-order valence-corrected chi connectivity index (χ1v) is 10.5. The summed E-state index contributed by atoms with van der Waals surface area (Å²) in [6, 6.07) is 10.1. The number of fused-ring (bicyclic) bond motifs is 3. The monoisotopic (exact) mass is 441 g/mol. The third-order valence-corrected chi connectivity index (χ3v) is 5.51. The molecular weight excluding hydrogens is 421 g/mol.